The van der Waals surface area contributed by atoms with Crippen molar-refractivity contribution in [2.45, 2.75) is 19.6 Å². The molecule has 1 aliphatic rings. The standard InChI is InChI=1S/C29H19Cl2N9O16S5.5Na/c30-27-34-28(31)36-29(35-27)33-12-4-7-18(58(45,46)47)16(10-12)38-40-24-20(60(51,52)53)9-11-8-19(59(48,49)50)23(22(32)21(11)25(24)41)39-37-15-6-5-13-14(26(15)61(54,55)56)2-1-3-17(13)57(42,43)44;;;;;/h1-10,38H,32H2,(H,42,43,44)(H,45,46,47)(H,48,49,50)(H,51,52,53)(H,54,55,56)(H,33,34,35,36);;;;;/q;5*+1/p-5/b39-37?,40-24+;;;;;. The summed E-state index contributed by atoms with van der Waals surface area (Å²) in [6.07, 6.45) is 0.357. The van der Waals surface area contributed by atoms with Gasteiger partial charge in [-0.15, -0.1) is 10.2 Å². The van der Waals surface area contributed by atoms with E-state index in [9.17, 15) is 69.6 Å². The van der Waals surface area contributed by atoms with Gasteiger partial charge in [-0.2, -0.15) is 20.1 Å². The zero-order valence-electron chi connectivity index (χ0n) is 33.9. The molecule has 5 aromatic rings. The van der Waals surface area contributed by atoms with E-state index in [0.29, 0.717) is 18.2 Å². The number of rotatable bonds is 11. The van der Waals surface area contributed by atoms with E-state index >= 15 is 0 Å². The molecule has 6 rings (SSSR count). The van der Waals surface area contributed by atoms with Crippen molar-refractivity contribution in [3.8, 4) is 0 Å². The summed E-state index contributed by atoms with van der Waals surface area (Å²) in [6.45, 7) is 0. The zero-order valence-corrected chi connectivity index (χ0v) is 49.5. The Bertz CT molecular complexity index is 3460. The predicted octanol–water partition coefficient (Wildman–Crippen LogP) is -12.7. The first kappa shape index (κ1) is 63.4. The number of Topliss-reactive ketones (excluding diaryl/α,β-unsaturated/α-hetero) is 1. The van der Waals surface area contributed by atoms with Gasteiger partial charge in [0.05, 0.1) is 41.4 Å². The van der Waals surface area contributed by atoms with Gasteiger partial charge in [-0.1, -0.05) is 18.2 Å². The van der Waals surface area contributed by atoms with Gasteiger partial charge in [0.25, 0.3) is 0 Å². The van der Waals surface area contributed by atoms with Crippen LogP contribution in [0.3, 0.4) is 0 Å². The van der Waals surface area contributed by atoms with Crippen LogP contribution in [0.4, 0.5) is 34.4 Å². The molecule has 0 unspecified atom stereocenters. The molecule has 1 aromatic heterocycles. The van der Waals surface area contributed by atoms with Crippen molar-refractivity contribution in [1.29, 1.82) is 0 Å². The van der Waals surface area contributed by atoms with Crippen LogP contribution in [-0.4, -0.2) is 91.3 Å². The summed E-state index contributed by atoms with van der Waals surface area (Å²) in [4.78, 5) is 18.7. The fourth-order valence-electron chi connectivity index (χ4n) is 5.58. The van der Waals surface area contributed by atoms with E-state index in [1.807, 2.05) is 5.43 Å². The van der Waals surface area contributed by atoms with Crippen molar-refractivity contribution < 1.29 is 217 Å². The molecule has 320 valence electrons. The Morgan fingerprint density at radius 1 is 0.621 bits per heavy atom. The van der Waals surface area contributed by atoms with E-state index in [0.717, 1.165) is 42.5 Å². The van der Waals surface area contributed by atoms with Gasteiger partial charge in [0, 0.05) is 16.5 Å². The quantitative estimate of drug-likeness (QED) is 0.0363. The van der Waals surface area contributed by atoms with Gasteiger partial charge in [0.1, 0.15) is 67.7 Å². The molecule has 0 bridgehead atoms. The maximum absolute atomic E-state index is 14.0. The smallest absolute Gasteiger partial charge is 0.744 e. The van der Waals surface area contributed by atoms with E-state index in [1.165, 1.54) is 0 Å². The van der Waals surface area contributed by atoms with E-state index in [4.69, 9.17) is 28.9 Å². The van der Waals surface area contributed by atoms with Gasteiger partial charge in [0.2, 0.25) is 22.3 Å². The van der Waals surface area contributed by atoms with Crippen LogP contribution in [0.25, 0.3) is 16.8 Å². The van der Waals surface area contributed by atoms with Gasteiger partial charge < -0.3 is 33.8 Å². The zero-order chi connectivity index (χ0) is 45.2. The van der Waals surface area contributed by atoms with Gasteiger partial charge in [0.15, 0.2) is 0 Å². The molecule has 37 heteroatoms. The van der Waals surface area contributed by atoms with Crippen LogP contribution in [0.5, 0.6) is 0 Å². The summed E-state index contributed by atoms with van der Waals surface area (Å²) >= 11 is 11.5. The first-order valence-corrected chi connectivity index (χ1v) is 23.2. The third-order valence-electron chi connectivity index (χ3n) is 7.94. The average molecular weight is 1090 g/mol. The molecule has 0 spiro atoms. The Hall–Kier alpha value is -0.640. The third-order valence-corrected chi connectivity index (χ3v) is 12.7. The number of aromatic nitrogens is 3. The number of fused-ring (bicyclic) bond motifs is 2. The number of ketones is 1. The fourth-order valence-corrected chi connectivity index (χ4v) is 9.36. The SMILES string of the molecule is Nc1c(N=Nc2ccc3c(S(=O)(=O)[O-])cccc3c2S(=O)(=O)[O-])c(S(=O)(=O)[O-])cc2c1C(=O)/C(=N/Nc1cc(Nc3nc(Cl)nc(Cl)n3)ccc1S(=O)(=O)[O-])C(S(=O)(=O)[O-])=C2.[Na+].[Na+].[Na+].[Na+].[Na+]. The number of nitrogen functional groups attached to an aromatic ring is 1. The normalized spacial score (nSPS) is 13.5. The van der Waals surface area contributed by atoms with Crippen molar-refractivity contribution in [1.82, 2.24) is 15.0 Å². The number of hydrogen-bond acceptors (Lipinski definition) is 25. The molecule has 4 N–H and O–H groups in total. The number of nitrogens with zero attached hydrogens (tertiary/aromatic N) is 6. The molecule has 0 amide bonds. The van der Waals surface area contributed by atoms with E-state index in [-0.39, 0.29) is 170 Å². The topological polar surface area (TPSA) is 429 Å². The summed E-state index contributed by atoms with van der Waals surface area (Å²) in [6, 6.07) is 7.09. The van der Waals surface area contributed by atoms with Crippen molar-refractivity contribution in [2.75, 3.05) is 16.5 Å². The molecule has 66 heavy (non-hydrogen) atoms. The monoisotopic (exact) mass is 1090 g/mol. The van der Waals surface area contributed by atoms with Crippen molar-refractivity contribution in [3.63, 3.8) is 0 Å². The minimum absolute atomic E-state index is 0. The summed E-state index contributed by atoms with van der Waals surface area (Å²) in [5, 5.41) is 11.2. The Balaban J connectivity index is 0.00000436. The van der Waals surface area contributed by atoms with Crippen LogP contribution < -0.4 is 164 Å². The summed E-state index contributed by atoms with van der Waals surface area (Å²) < 4.78 is 184. The fraction of sp³-hybridized carbons (Fsp3) is 0. The average Bonchev–Trinajstić information content (AvgIpc) is 3.10. The number of nitrogens with two attached hydrogens (primary N) is 1. The van der Waals surface area contributed by atoms with Crippen LogP contribution >= 0.6 is 23.2 Å². The van der Waals surface area contributed by atoms with Gasteiger partial charge >= 0.3 is 148 Å². The van der Waals surface area contributed by atoms with Crippen LogP contribution in [0, 0.1) is 0 Å². The summed E-state index contributed by atoms with van der Waals surface area (Å²) in [5.74, 6) is -1.95. The Kier molecular flexibility index (Phi) is 22.8. The minimum atomic E-state index is -5.79. The van der Waals surface area contributed by atoms with E-state index in [2.05, 4.69) is 35.6 Å². The third kappa shape index (κ3) is 14.3. The second kappa shape index (κ2) is 23.7. The number of halogens is 2. The van der Waals surface area contributed by atoms with Crippen LogP contribution in [0.15, 0.2) is 94.4 Å². The van der Waals surface area contributed by atoms with Crippen molar-refractivity contribution >= 4 is 137 Å². The van der Waals surface area contributed by atoms with Gasteiger partial charge in [-0.25, -0.2) is 42.1 Å². The predicted molar refractivity (Wildman–Crippen MR) is 203 cm³/mol. The molecular weight excluding hydrogens is 1080 g/mol. The number of carbonyl (C=O) groups excluding carboxylic acids is 1. The number of hydrogen-bond donors (Lipinski definition) is 3. The second-order valence-corrected chi connectivity index (χ2v) is 19.2. The Morgan fingerprint density at radius 3 is 1.73 bits per heavy atom. The maximum atomic E-state index is 14.0. The largest absolute Gasteiger partial charge is 1.00 e. The molecule has 4 aromatic carbocycles. The number of carbonyl (C=O) groups is 1. The number of benzene rings is 4. The van der Waals surface area contributed by atoms with Crippen molar-refractivity contribution in [2.24, 2.45) is 15.3 Å². The molecule has 1 aliphatic carbocycles. The number of allylic oxidation sites excluding steroid dienone is 1. The Labute approximate surface area is 493 Å². The van der Waals surface area contributed by atoms with Crippen molar-refractivity contribution in [3.05, 3.63) is 81.2 Å². The number of nitrogens with one attached hydrogen (secondary N) is 2. The maximum Gasteiger partial charge on any atom is 1.00 e. The van der Waals surface area contributed by atoms with E-state index < -0.39 is 131 Å². The second-order valence-electron chi connectivity index (χ2n) is 11.8. The van der Waals surface area contributed by atoms with Crippen LogP contribution in [0.2, 0.25) is 10.6 Å². The molecule has 0 aliphatic heterocycles. The van der Waals surface area contributed by atoms with Crippen LogP contribution in [-0.2, 0) is 50.6 Å². The first-order chi connectivity index (χ1) is 28.1. The first-order valence-electron chi connectivity index (χ1n) is 15.4. The van der Waals surface area contributed by atoms with E-state index in [1.54, 1.807) is 0 Å². The summed E-state index contributed by atoms with van der Waals surface area (Å²) in [7, 11) is -27.8. The van der Waals surface area contributed by atoms with Gasteiger partial charge in [-0.05, 0) is 71.2 Å². The molecule has 0 saturated heterocycles. The molecule has 0 radical (unpaired) electrons. The molecule has 0 saturated carbocycles. The number of azo groups is 1. The van der Waals surface area contributed by atoms with Gasteiger partial charge in [-0.3, -0.25) is 10.2 Å². The molecule has 1 heterocycles. The van der Waals surface area contributed by atoms with Crippen LogP contribution in [0.1, 0.15) is 15.9 Å². The number of hydrazone groups is 1. The minimum Gasteiger partial charge on any atom is -0.744 e. The Morgan fingerprint density at radius 2 is 1.20 bits per heavy atom. The molecule has 25 nitrogen and oxygen atoms in total. The molecule has 0 fully saturated rings. The molecule has 0 atom stereocenters. The molecular formula is C29H14Cl2N9Na5O16S5. The summed E-state index contributed by atoms with van der Waals surface area (Å²) in [5.41, 5.74) is 0.833. The number of anilines is 4.